The summed E-state index contributed by atoms with van der Waals surface area (Å²) in [6, 6.07) is 11.4. The van der Waals surface area contributed by atoms with Gasteiger partial charge in [0.2, 0.25) is 15.9 Å². The molecule has 26 heavy (non-hydrogen) atoms. The van der Waals surface area contributed by atoms with E-state index in [4.69, 9.17) is 4.42 Å². The van der Waals surface area contributed by atoms with Crippen molar-refractivity contribution in [2.45, 2.75) is 37.1 Å². The number of sulfonamides is 1. The summed E-state index contributed by atoms with van der Waals surface area (Å²) in [5.74, 6) is 0.117. The number of nitrogens with one attached hydrogen (secondary N) is 2. The van der Waals surface area contributed by atoms with E-state index in [2.05, 4.69) is 16.1 Å². The monoisotopic (exact) mass is 373 g/mol. The van der Waals surface area contributed by atoms with Crippen molar-refractivity contribution in [2.24, 2.45) is 5.41 Å². The van der Waals surface area contributed by atoms with E-state index in [9.17, 15) is 18.5 Å². The van der Waals surface area contributed by atoms with Crippen molar-refractivity contribution in [2.75, 3.05) is 5.32 Å². The minimum absolute atomic E-state index is 0.0271. The molecule has 1 saturated carbocycles. The Balaban J connectivity index is 1.73. The average molecular weight is 373 g/mol. The second-order valence-corrected chi connectivity index (χ2v) is 8.05. The smallest absolute Gasteiger partial charge is 0.244 e. The van der Waals surface area contributed by atoms with Gasteiger partial charge in [0.25, 0.3) is 0 Å². The van der Waals surface area contributed by atoms with Crippen LogP contribution in [0.5, 0.6) is 0 Å². The standard InChI is InChI=1S/C18H19N3O4S/c19-13-18(8-1-2-9-18)17(22)21-14-5-3-7-16(11-14)26(23,24)20-12-15-6-4-10-25-15/h3-7,10-11,20H,1-2,8-9,12H2,(H,21,22). The molecule has 8 heteroatoms. The first-order chi connectivity index (χ1) is 12.5. The number of nitrogens with zero attached hydrogens (tertiary/aromatic N) is 1. The Morgan fingerprint density at radius 1 is 1.23 bits per heavy atom. The number of benzene rings is 1. The van der Waals surface area contributed by atoms with E-state index in [1.807, 2.05) is 0 Å². The summed E-state index contributed by atoms with van der Waals surface area (Å²) in [4.78, 5) is 12.5. The van der Waals surface area contributed by atoms with Crippen molar-refractivity contribution >= 4 is 21.6 Å². The van der Waals surface area contributed by atoms with Crippen molar-refractivity contribution in [3.63, 3.8) is 0 Å². The molecule has 0 saturated heterocycles. The number of hydrogen-bond acceptors (Lipinski definition) is 5. The summed E-state index contributed by atoms with van der Waals surface area (Å²) in [6.07, 6.45) is 4.20. The van der Waals surface area contributed by atoms with Crippen LogP contribution in [-0.2, 0) is 21.4 Å². The van der Waals surface area contributed by atoms with E-state index in [1.165, 1.54) is 18.4 Å². The molecule has 0 radical (unpaired) electrons. The molecular formula is C18H19N3O4S. The highest BCUT2D eigenvalue weighted by atomic mass is 32.2. The predicted octanol–water partition coefficient (Wildman–Crippen LogP) is 2.78. The zero-order valence-corrected chi connectivity index (χ0v) is 14.9. The van der Waals surface area contributed by atoms with Gasteiger partial charge in [-0.3, -0.25) is 4.79 Å². The summed E-state index contributed by atoms with van der Waals surface area (Å²) >= 11 is 0. The molecule has 1 aliphatic rings. The second kappa shape index (κ2) is 7.32. The molecule has 1 aromatic heterocycles. The second-order valence-electron chi connectivity index (χ2n) is 6.29. The van der Waals surface area contributed by atoms with Crippen molar-refractivity contribution in [3.8, 4) is 6.07 Å². The van der Waals surface area contributed by atoms with Crippen molar-refractivity contribution < 1.29 is 17.6 Å². The molecule has 3 rings (SSSR count). The molecule has 2 aromatic rings. The Hall–Kier alpha value is -2.63. The van der Waals surface area contributed by atoms with E-state index in [-0.39, 0.29) is 17.3 Å². The van der Waals surface area contributed by atoms with Crippen molar-refractivity contribution in [1.29, 1.82) is 5.26 Å². The summed E-state index contributed by atoms with van der Waals surface area (Å²) in [5, 5.41) is 12.1. The van der Waals surface area contributed by atoms with Crippen LogP contribution in [0, 0.1) is 16.7 Å². The Labute approximate surface area is 152 Å². The minimum atomic E-state index is -3.76. The highest BCUT2D eigenvalue weighted by Crippen LogP contribution is 2.38. The van der Waals surface area contributed by atoms with Crippen LogP contribution in [0.25, 0.3) is 0 Å². The number of rotatable bonds is 6. The quantitative estimate of drug-likeness (QED) is 0.808. The summed E-state index contributed by atoms with van der Waals surface area (Å²) in [5.41, 5.74) is -0.677. The molecule has 7 nitrogen and oxygen atoms in total. The van der Waals surface area contributed by atoms with Gasteiger partial charge in [-0.15, -0.1) is 0 Å². The van der Waals surface area contributed by atoms with E-state index < -0.39 is 15.4 Å². The summed E-state index contributed by atoms with van der Waals surface area (Å²) in [6.45, 7) is 0.0312. The molecule has 1 heterocycles. The molecule has 136 valence electrons. The number of carbonyl (C=O) groups is 1. The van der Waals surface area contributed by atoms with Crippen molar-refractivity contribution in [3.05, 3.63) is 48.4 Å². The van der Waals surface area contributed by atoms with Gasteiger partial charge in [-0.2, -0.15) is 5.26 Å². The lowest BCUT2D eigenvalue weighted by Gasteiger charge is -2.19. The Morgan fingerprint density at radius 3 is 2.65 bits per heavy atom. The molecule has 2 N–H and O–H groups in total. The van der Waals surface area contributed by atoms with Crippen LogP contribution in [0.1, 0.15) is 31.4 Å². The first kappa shape index (κ1) is 18.2. The highest BCUT2D eigenvalue weighted by Gasteiger charge is 2.41. The van der Waals surface area contributed by atoms with Gasteiger partial charge in [0.05, 0.1) is 23.8 Å². The molecule has 0 atom stereocenters. The fraction of sp³-hybridized carbons (Fsp3) is 0.333. The van der Waals surface area contributed by atoms with Crippen LogP contribution < -0.4 is 10.0 Å². The minimum Gasteiger partial charge on any atom is -0.468 e. The van der Waals surface area contributed by atoms with Gasteiger partial charge in [-0.05, 0) is 43.2 Å². The number of carbonyl (C=O) groups excluding carboxylic acids is 1. The molecule has 1 aromatic carbocycles. The van der Waals surface area contributed by atoms with Gasteiger partial charge in [0.1, 0.15) is 11.2 Å². The zero-order chi connectivity index (χ0) is 18.6. The topological polar surface area (TPSA) is 112 Å². The number of hydrogen-bond donors (Lipinski definition) is 2. The third kappa shape index (κ3) is 3.79. The summed E-state index contributed by atoms with van der Waals surface area (Å²) in [7, 11) is -3.76. The fourth-order valence-corrected chi connectivity index (χ4v) is 4.06. The van der Waals surface area contributed by atoms with Crippen LogP contribution >= 0.6 is 0 Å². The number of nitriles is 1. The van der Waals surface area contributed by atoms with Gasteiger partial charge < -0.3 is 9.73 Å². The van der Waals surface area contributed by atoms with E-state index in [0.29, 0.717) is 24.3 Å². The Morgan fingerprint density at radius 2 is 2.00 bits per heavy atom. The van der Waals surface area contributed by atoms with Crippen molar-refractivity contribution in [1.82, 2.24) is 4.72 Å². The Kier molecular flexibility index (Phi) is 5.11. The van der Waals surface area contributed by atoms with Gasteiger partial charge >= 0.3 is 0 Å². The van der Waals surface area contributed by atoms with E-state index >= 15 is 0 Å². The largest absolute Gasteiger partial charge is 0.468 e. The van der Waals surface area contributed by atoms with Gasteiger partial charge in [0.15, 0.2) is 0 Å². The fourth-order valence-electron chi connectivity index (χ4n) is 3.02. The first-order valence-electron chi connectivity index (χ1n) is 8.30. The third-order valence-electron chi connectivity index (χ3n) is 4.52. The van der Waals surface area contributed by atoms with Gasteiger partial charge in [-0.1, -0.05) is 18.9 Å². The van der Waals surface area contributed by atoms with Crippen LogP contribution in [0.3, 0.4) is 0 Å². The maximum Gasteiger partial charge on any atom is 0.244 e. The zero-order valence-electron chi connectivity index (χ0n) is 14.1. The number of amides is 1. The van der Waals surface area contributed by atoms with E-state index in [0.717, 1.165) is 12.8 Å². The highest BCUT2D eigenvalue weighted by molar-refractivity contribution is 7.89. The average Bonchev–Trinajstić information content (AvgIpc) is 3.32. The maximum absolute atomic E-state index is 12.5. The van der Waals surface area contributed by atoms with E-state index in [1.54, 1.807) is 24.3 Å². The lowest BCUT2D eigenvalue weighted by Crippen LogP contribution is -2.32. The molecule has 1 aliphatic carbocycles. The summed E-state index contributed by atoms with van der Waals surface area (Å²) < 4.78 is 32.4. The van der Waals surface area contributed by atoms with Crippen LogP contribution in [0.4, 0.5) is 5.69 Å². The molecule has 0 unspecified atom stereocenters. The molecule has 0 aliphatic heterocycles. The van der Waals surface area contributed by atoms with Crippen LogP contribution in [-0.4, -0.2) is 14.3 Å². The number of anilines is 1. The Bertz CT molecular complexity index is 924. The first-order valence-corrected chi connectivity index (χ1v) is 9.78. The molecular weight excluding hydrogens is 354 g/mol. The van der Waals surface area contributed by atoms with Gasteiger partial charge in [0, 0.05) is 5.69 Å². The van der Waals surface area contributed by atoms with Crippen LogP contribution in [0.2, 0.25) is 0 Å². The predicted molar refractivity (Wildman–Crippen MR) is 94.3 cm³/mol. The van der Waals surface area contributed by atoms with Crippen LogP contribution in [0.15, 0.2) is 52.0 Å². The normalized spacial score (nSPS) is 16.1. The number of furan rings is 1. The lowest BCUT2D eigenvalue weighted by atomic mass is 9.87. The SMILES string of the molecule is N#CC1(C(=O)Nc2cccc(S(=O)(=O)NCc3ccco3)c2)CCCC1. The molecule has 1 amide bonds. The molecule has 0 bridgehead atoms. The third-order valence-corrected chi connectivity index (χ3v) is 5.92. The lowest BCUT2D eigenvalue weighted by molar-refractivity contribution is -0.122. The van der Waals surface area contributed by atoms with Gasteiger partial charge in [-0.25, -0.2) is 13.1 Å². The maximum atomic E-state index is 12.5. The molecule has 0 spiro atoms. The molecule has 1 fully saturated rings.